The van der Waals surface area contributed by atoms with Crippen LogP contribution >= 0.6 is 0 Å². The van der Waals surface area contributed by atoms with Gasteiger partial charge in [0.05, 0.1) is 24.9 Å². The van der Waals surface area contributed by atoms with Gasteiger partial charge in [0, 0.05) is 41.6 Å². The number of para-hydroxylation sites is 2. The van der Waals surface area contributed by atoms with Gasteiger partial charge in [0.15, 0.2) is 0 Å². The van der Waals surface area contributed by atoms with E-state index in [0.29, 0.717) is 6.04 Å². The molecule has 26 heavy (non-hydrogen) atoms. The number of rotatable bonds is 4. The number of hydrogen-bond donors (Lipinski definition) is 2. The number of aromatic nitrogens is 3. The molecule has 0 bridgehead atoms. The van der Waals surface area contributed by atoms with E-state index in [9.17, 15) is 0 Å². The second-order valence-electron chi connectivity index (χ2n) is 7.01. The van der Waals surface area contributed by atoms with Crippen LogP contribution in [0.4, 0.5) is 0 Å². The minimum atomic E-state index is 0.376. The fourth-order valence-electron chi connectivity index (χ4n) is 4.02. The Hall–Kier alpha value is -2.63. The maximum atomic E-state index is 5.81. The van der Waals surface area contributed by atoms with E-state index in [1.54, 1.807) is 0 Å². The van der Waals surface area contributed by atoms with Gasteiger partial charge in [0.2, 0.25) is 0 Å². The predicted molar refractivity (Wildman–Crippen MR) is 103 cm³/mol. The molecule has 2 aromatic carbocycles. The number of nitrogens with zero attached hydrogens (tertiary/aromatic N) is 2. The minimum Gasteiger partial charge on any atom is -0.378 e. The van der Waals surface area contributed by atoms with E-state index in [-0.39, 0.29) is 0 Å². The van der Waals surface area contributed by atoms with Gasteiger partial charge in [-0.2, -0.15) is 5.10 Å². The van der Waals surface area contributed by atoms with Gasteiger partial charge >= 0.3 is 0 Å². The lowest BCUT2D eigenvalue weighted by Crippen LogP contribution is -2.46. The number of fused-ring (bicyclic) bond motifs is 2. The normalized spacial score (nSPS) is 18.7. The molecule has 4 aromatic rings. The van der Waals surface area contributed by atoms with Crippen molar-refractivity contribution in [2.45, 2.75) is 19.0 Å². The van der Waals surface area contributed by atoms with Crippen LogP contribution in [0.2, 0.25) is 0 Å². The second-order valence-corrected chi connectivity index (χ2v) is 7.01. The van der Waals surface area contributed by atoms with Crippen LogP contribution in [0.3, 0.4) is 0 Å². The summed E-state index contributed by atoms with van der Waals surface area (Å²) < 4.78 is 5.81. The highest BCUT2D eigenvalue weighted by Gasteiger charge is 2.25. The van der Waals surface area contributed by atoms with E-state index in [1.165, 1.54) is 27.4 Å². The Morgan fingerprint density at radius 2 is 2.08 bits per heavy atom. The summed E-state index contributed by atoms with van der Waals surface area (Å²) in [6, 6.07) is 15.3. The SMILES string of the molecule is c1cc(CN2CCOC[C@@H]2Cc2c[nH]c3ccccc23)c2[nH]ncc2c1. The van der Waals surface area contributed by atoms with E-state index in [4.69, 9.17) is 4.74 Å². The highest BCUT2D eigenvalue weighted by Crippen LogP contribution is 2.24. The Labute approximate surface area is 152 Å². The van der Waals surface area contributed by atoms with E-state index >= 15 is 0 Å². The Morgan fingerprint density at radius 3 is 3.08 bits per heavy atom. The minimum absolute atomic E-state index is 0.376. The van der Waals surface area contributed by atoms with Crippen LogP contribution in [-0.2, 0) is 17.7 Å². The maximum absolute atomic E-state index is 5.81. The third-order valence-electron chi connectivity index (χ3n) is 5.42. The quantitative estimate of drug-likeness (QED) is 0.595. The molecule has 1 saturated heterocycles. The Balaban J connectivity index is 1.41. The van der Waals surface area contributed by atoms with Crippen molar-refractivity contribution < 1.29 is 4.74 Å². The molecule has 132 valence electrons. The number of nitrogens with one attached hydrogen (secondary N) is 2. The van der Waals surface area contributed by atoms with Crippen molar-refractivity contribution in [3.63, 3.8) is 0 Å². The van der Waals surface area contributed by atoms with Gasteiger partial charge in [0.1, 0.15) is 0 Å². The van der Waals surface area contributed by atoms with Crippen molar-refractivity contribution in [3.05, 3.63) is 66.0 Å². The molecule has 5 nitrogen and oxygen atoms in total. The molecule has 0 unspecified atom stereocenters. The summed E-state index contributed by atoms with van der Waals surface area (Å²) in [4.78, 5) is 5.93. The third-order valence-corrected chi connectivity index (χ3v) is 5.42. The summed E-state index contributed by atoms with van der Waals surface area (Å²) in [6.45, 7) is 3.44. The van der Waals surface area contributed by atoms with Crippen molar-refractivity contribution >= 4 is 21.8 Å². The van der Waals surface area contributed by atoms with Crippen molar-refractivity contribution in [3.8, 4) is 0 Å². The number of hydrogen-bond acceptors (Lipinski definition) is 3. The van der Waals surface area contributed by atoms with Crippen LogP contribution < -0.4 is 0 Å². The molecule has 1 atom stereocenters. The van der Waals surface area contributed by atoms with Crippen LogP contribution in [0.5, 0.6) is 0 Å². The van der Waals surface area contributed by atoms with Gasteiger partial charge in [-0.25, -0.2) is 0 Å². The van der Waals surface area contributed by atoms with Gasteiger partial charge < -0.3 is 9.72 Å². The Morgan fingerprint density at radius 1 is 1.12 bits per heavy atom. The molecule has 2 aromatic heterocycles. The molecule has 5 heteroatoms. The molecule has 0 saturated carbocycles. The smallest absolute Gasteiger partial charge is 0.0695 e. The molecular formula is C21H22N4O. The summed E-state index contributed by atoms with van der Waals surface area (Å²) >= 11 is 0. The molecule has 0 amide bonds. The maximum Gasteiger partial charge on any atom is 0.0695 e. The first-order valence-corrected chi connectivity index (χ1v) is 9.16. The first kappa shape index (κ1) is 15.6. The Bertz CT molecular complexity index is 1030. The summed E-state index contributed by atoms with van der Waals surface area (Å²) in [5.41, 5.74) is 5.00. The van der Waals surface area contributed by atoms with Crippen LogP contribution in [0.25, 0.3) is 21.8 Å². The summed E-state index contributed by atoms with van der Waals surface area (Å²) in [5, 5.41) is 9.83. The molecule has 1 aliphatic rings. The molecule has 0 aliphatic carbocycles. The molecule has 0 radical (unpaired) electrons. The summed E-state index contributed by atoms with van der Waals surface area (Å²) in [7, 11) is 0. The monoisotopic (exact) mass is 346 g/mol. The fraction of sp³-hybridized carbons (Fsp3) is 0.286. The summed E-state index contributed by atoms with van der Waals surface area (Å²) in [6.07, 6.45) is 5.03. The first-order valence-electron chi connectivity index (χ1n) is 9.16. The van der Waals surface area contributed by atoms with E-state index in [0.717, 1.165) is 38.2 Å². The lowest BCUT2D eigenvalue weighted by atomic mass is 10.0. The average molecular weight is 346 g/mol. The molecule has 3 heterocycles. The molecule has 1 fully saturated rings. The largest absolute Gasteiger partial charge is 0.378 e. The first-order chi connectivity index (χ1) is 12.9. The van der Waals surface area contributed by atoms with E-state index < -0.39 is 0 Å². The van der Waals surface area contributed by atoms with E-state index in [2.05, 4.69) is 68.7 Å². The van der Waals surface area contributed by atoms with Crippen LogP contribution in [0.1, 0.15) is 11.1 Å². The van der Waals surface area contributed by atoms with Gasteiger partial charge in [-0.15, -0.1) is 0 Å². The number of ether oxygens (including phenoxy) is 1. The highest BCUT2D eigenvalue weighted by atomic mass is 16.5. The predicted octanol–water partition coefficient (Wildman–Crippen LogP) is 3.49. The number of benzene rings is 2. The molecule has 1 aliphatic heterocycles. The van der Waals surface area contributed by atoms with Crippen molar-refractivity contribution in [1.29, 1.82) is 0 Å². The van der Waals surface area contributed by atoms with Gasteiger partial charge in [0.25, 0.3) is 0 Å². The topological polar surface area (TPSA) is 56.9 Å². The van der Waals surface area contributed by atoms with Gasteiger partial charge in [-0.05, 0) is 23.6 Å². The fourth-order valence-corrected chi connectivity index (χ4v) is 4.02. The standard InChI is InChI=1S/C21H22N4O/c1-2-7-20-19(6-1)17(11-22-20)10-18-14-26-9-8-25(18)13-16-5-3-4-15-12-23-24-21(15)16/h1-7,11-12,18,22H,8-10,13-14H2,(H,23,24)/t18-/m0/s1. The zero-order chi connectivity index (χ0) is 17.3. The molecule has 2 N–H and O–H groups in total. The van der Waals surface area contributed by atoms with Gasteiger partial charge in [-0.1, -0.05) is 36.4 Å². The zero-order valence-electron chi connectivity index (χ0n) is 14.6. The van der Waals surface area contributed by atoms with Crippen molar-refractivity contribution in [1.82, 2.24) is 20.1 Å². The molecule has 0 spiro atoms. The molecule has 5 rings (SSSR count). The van der Waals surface area contributed by atoms with Crippen LogP contribution in [0.15, 0.2) is 54.9 Å². The third kappa shape index (κ3) is 2.79. The Kier molecular flexibility index (Phi) is 3.96. The second kappa shape index (κ2) is 6.59. The zero-order valence-corrected chi connectivity index (χ0v) is 14.6. The number of morpholine rings is 1. The average Bonchev–Trinajstić information content (AvgIpc) is 3.31. The lowest BCUT2D eigenvalue weighted by Gasteiger charge is -2.35. The highest BCUT2D eigenvalue weighted by molar-refractivity contribution is 5.83. The van der Waals surface area contributed by atoms with Crippen LogP contribution in [-0.4, -0.2) is 45.9 Å². The number of aromatic amines is 2. The van der Waals surface area contributed by atoms with Crippen LogP contribution in [0, 0.1) is 0 Å². The lowest BCUT2D eigenvalue weighted by molar-refractivity contribution is -0.0110. The van der Waals surface area contributed by atoms with Gasteiger partial charge in [-0.3, -0.25) is 10.00 Å². The molecular weight excluding hydrogens is 324 g/mol. The van der Waals surface area contributed by atoms with Crippen molar-refractivity contribution in [2.75, 3.05) is 19.8 Å². The van der Waals surface area contributed by atoms with Crippen molar-refractivity contribution in [2.24, 2.45) is 0 Å². The summed E-state index contributed by atoms with van der Waals surface area (Å²) in [5.74, 6) is 0. The van der Waals surface area contributed by atoms with E-state index in [1.807, 2.05) is 6.20 Å². The number of H-pyrrole nitrogens is 2.